The van der Waals surface area contributed by atoms with Gasteiger partial charge in [-0.15, -0.1) is 0 Å². The van der Waals surface area contributed by atoms with Gasteiger partial charge in [-0.25, -0.2) is 0 Å². The minimum absolute atomic E-state index is 0.0435. The van der Waals surface area contributed by atoms with E-state index in [9.17, 15) is 21.0 Å². The van der Waals surface area contributed by atoms with Crippen molar-refractivity contribution in [2.24, 2.45) is 0 Å². The molecule has 0 aliphatic rings. The van der Waals surface area contributed by atoms with Gasteiger partial charge in [0, 0.05) is 16.9 Å². The molecule has 0 fully saturated rings. The number of nitriles is 4. The van der Waals surface area contributed by atoms with Crippen molar-refractivity contribution in [3.63, 3.8) is 0 Å². The fraction of sp³-hybridized carbons (Fsp3) is 0.0500. The number of hydrogen-bond acceptors (Lipinski definition) is 7. The summed E-state index contributed by atoms with van der Waals surface area (Å²) in [6, 6.07) is 49.0. The third kappa shape index (κ3) is 6.50. The molecule has 0 amide bonds. The number of para-hydroxylation sites is 2. The van der Waals surface area contributed by atoms with Crippen molar-refractivity contribution in [3.05, 3.63) is 150 Å². The Bertz CT molecular complexity index is 2140. The van der Waals surface area contributed by atoms with Crippen LogP contribution in [0.2, 0.25) is 0 Å². The number of nitrogens with one attached hydrogen (secondary N) is 2. The lowest BCUT2D eigenvalue weighted by atomic mass is 9.90. The molecule has 7 heteroatoms. The summed E-state index contributed by atoms with van der Waals surface area (Å²) in [5.41, 5.74) is 7.51. The molecule has 5 aromatic carbocycles. The Balaban J connectivity index is 1.68. The smallest absolute Gasteiger partial charge is 0.115 e. The summed E-state index contributed by atoms with van der Waals surface area (Å²) in [4.78, 5) is 2.17. The zero-order chi connectivity index (χ0) is 33.2. The summed E-state index contributed by atoms with van der Waals surface area (Å²) in [7, 11) is 0. The Labute approximate surface area is 273 Å². The molecule has 0 bridgehead atoms. The van der Waals surface area contributed by atoms with E-state index in [-0.39, 0.29) is 11.1 Å². The molecule has 5 aromatic rings. The normalized spacial score (nSPS) is 11.1. The standard InChI is InChI=1S/C40H25N7/c41-22-33(23-42)38(26-45)30-13-11-28(12-14-30)32-19-20-37(29-15-17-31(18-16-29)39(27-46)34(24-43)25-44)40(21-32)47(35-7-3-1-4-8-35)36-9-5-2-6-10-36/h1-21,38-39,41,43H. The van der Waals surface area contributed by atoms with Crippen molar-refractivity contribution < 1.29 is 0 Å². The van der Waals surface area contributed by atoms with Crippen molar-refractivity contribution in [1.29, 1.82) is 31.9 Å². The predicted molar refractivity (Wildman–Crippen MR) is 182 cm³/mol. The van der Waals surface area contributed by atoms with E-state index in [2.05, 4.69) is 34.8 Å². The molecule has 2 atom stereocenters. The van der Waals surface area contributed by atoms with E-state index in [1.807, 2.05) is 109 Å². The van der Waals surface area contributed by atoms with E-state index >= 15 is 0 Å². The Morgan fingerprint density at radius 3 is 1.34 bits per heavy atom. The van der Waals surface area contributed by atoms with Gasteiger partial charge in [-0.05, 0) is 69.9 Å². The SMILES string of the molecule is N#CC(=C=N)C(C#N)c1ccc(-c2ccc(-c3ccc(C(C#N)C(=C=N)C#N)cc3)c(N(c3ccccc3)c3ccccc3)c2)cc1. The number of rotatable bonds is 9. The molecule has 0 aliphatic heterocycles. The highest BCUT2D eigenvalue weighted by atomic mass is 15.1. The highest BCUT2D eigenvalue weighted by Gasteiger charge is 2.21. The van der Waals surface area contributed by atoms with E-state index < -0.39 is 11.8 Å². The van der Waals surface area contributed by atoms with Crippen molar-refractivity contribution in [1.82, 2.24) is 0 Å². The van der Waals surface area contributed by atoms with E-state index in [1.165, 1.54) is 0 Å². The van der Waals surface area contributed by atoms with Crippen molar-refractivity contribution >= 4 is 28.8 Å². The van der Waals surface area contributed by atoms with Crippen LogP contribution in [0.3, 0.4) is 0 Å². The van der Waals surface area contributed by atoms with Gasteiger partial charge in [0.25, 0.3) is 0 Å². The number of anilines is 3. The second kappa shape index (κ2) is 14.5. The fourth-order valence-electron chi connectivity index (χ4n) is 5.39. The Hall–Kier alpha value is -7.24. The van der Waals surface area contributed by atoms with Crippen LogP contribution in [0.25, 0.3) is 22.3 Å². The summed E-state index contributed by atoms with van der Waals surface area (Å²) in [5.74, 6) is 2.40. The van der Waals surface area contributed by atoms with E-state index in [0.29, 0.717) is 11.1 Å². The van der Waals surface area contributed by atoms with Crippen LogP contribution in [-0.2, 0) is 0 Å². The molecule has 5 rings (SSSR count). The molecule has 0 spiro atoms. The predicted octanol–water partition coefficient (Wildman–Crippen LogP) is 9.10. The number of hydrogen-bond donors (Lipinski definition) is 2. The molecule has 0 radical (unpaired) electrons. The van der Waals surface area contributed by atoms with Gasteiger partial charge in [0.2, 0.25) is 0 Å². The van der Waals surface area contributed by atoms with Crippen molar-refractivity contribution in [3.8, 4) is 46.5 Å². The first-order chi connectivity index (χ1) is 23.1. The summed E-state index contributed by atoms with van der Waals surface area (Å²) in [6.45, 7) is 0. The van der Waals surface area contributed by atoms with E-state index in [0.717, 1.165) is 39.3 Å². The second-order valence-corrected chi connectivity index (χ2v) is 10.4. The molecular formula is C40H25N7. The first-order valence-electron chi connectivity index (χ1n) is 14.5. The third-order valence-corrected chi connectivity index (χ3v) is 7.75. The molecule has 0 aliphatic carbocycles. The Morgan fingerprint density at radius 1 is 0.511 bits per heavy atom. The van der Waals surface area contributed by atoms with E-state index in [4.69, 9.17) is 10.8 Å². The minimum atomic E-state index is -0.888. The molecule has 220 valence electrons. The summed E-state index contributed by atoms with van der Waals surface area (Å²) < 4.78 is 0. The lowest BCUT2D eigenvalue weighted by Crippen LogP contribution is -2.11. The summed E-state index contributed by atoms with van der Waals surface area (Å²) in [6.07, 6.45) is 0. The summed E-state index contributed by atoms with van der Waals surface area (Å²) >= 11 is 0. The molecule has 2 unspecified atom stereocenters. The van der Waals surface area contributed by atoms with Crippen molar-refractivity contribution in [2.75, 3.05) is 4.90 Å². The van der Waals surface area contributed by atoms with Gasteiger partial charge < -0.3 is 4.90 Å². The van der Waals surface area contributed by atoms with Crippen LogP contribution in [0.5, 0.6) is 0 Å². The first kappa shape index (κ1) is 31.2. The molecule has 0 saturated heterocycles. The third-order valence-electron chi connectivity index (χ3n) is 7.75. The number of nitrogens with zero attached hydrogens (tertiary/aromatic N) is 5. The van der Waals surface area contributed by atoms with Gasteiger partial charge in [-0.1, -0.05) is 97.1 Å². The zero-order valence-corrected chi connectivity index (χ0v) is 25.0. The molecular weight excluding hydrogens is 578 g/mol. The van der Waals surface area contributed by atoms with Gasteiger partial charge in [0.15, 0.2) is 0 Å². The van der Waals surface area contributed by atoms with Crippen LogP contribution in [0.15, 0.2) is 139 Å². The maximum Gasteiger partial charge on any atom is 0.115 e. The van der Waals surface area contributed by atoms with Crippen LogP contribution >= 0.6 is 0 Å². The lowest BCUT2D eigenvalue weighted by molar-refractivity contribution is 1.05. The van der Waals surface area contributed by atoms with Gasteiger partial charge in [-0.2, -0.15) is 21.0 Å². The van der Waals surface area contributed by atoms with Crippen LogP contribution in [-0.4, -0.2) is 11.7 Å². The lowest BCUT2D eigenvalue weighted by Gasteiger charge is -2.28. The van der Waals surface area contributed by atoms with Crippen LogP contribution in [0.1, 0.15) is 23.0 Å². The Morgan fingerprint density at radius 2 is 0.936 bits per heavy atom. The number of allylic oxidation sites excluding steroid dienone is 2. The monoisotopic (exact) mass is 603 g/mol. The fourth-order valence-corrected chi connectivity index (χ4v) is 5.39. The second-order valence-electron chi connectivity index (χ2n) is 10.4. The molecule has 2 N–H and O–H groups in total. The molecule has 47 heavy (non-hydrogen) atoms. The van der Waals surface area contributed by atoms with Gasteiger partial charge in [0.1, 0.15) is 35.1 Å². The van der Waals surface area contributed by atoms with Gasteiger partial charge in [0.05, 0.1) is 17.8 Å². The molecule has 0 heterocycles. The topological polar surface area (TPSA) is 146 Å². The molecule has 0 aromatic heterocycles. The highest BCUT2D eigenvalue weighted by Crippen LogP contribution is 2.43. The molecule has 0 saturated carbocycles. The van der Waals surface area contributed by atoms with Gasteiger partial charge in [-0.3, -0.25) is 10.8 Å². The van der Waals surface area contributed by atoms with Crippen LogP contribution in [0, 0.1) is 56.1 Å². The zero-order valence-electron chi connectivity index (χ0n) is 25.0. The van der Waals surface area contributed by atoms with Crippen molar-refractivity contribution in [2.45, 2.75) is 11.8 Å². The highest BCUT2D eigenvalue weighted by molar-refractivity contribution is 5.91. The maximum absolute atomic E-state index is 9.73. The summed E-state index contributed by atoms with van der Waals surface area (Å²) in [5, 5.41) is 53.0. The largest absolute Gasteiger partial charge is 0.310 e. The molecule has 7 nitrogen and oxygen atoms in total. The number of benzene rings is 5. The minimum Gasteiger partial charge on any atom is -0.310 e. The quantitative estimate of drug-likeness (QED) is 0.127. The van der Waals surface area contributed by atoms with Crippen LogP contribution < -0.4 is 4.90 Å². The average molecular weight is 604 g/mol. The average Bonchev–Trinajstić information content (AvgIpc) is 3.14. The Kier molecular flexibility index (Phi) is 9.62. The van der Waals surface area contributed by atoms with Crippen LogP contribution in [0.4, 0.5) is 17.1 Å². The van der Waals surface area contributed by atoms with E-state index in [1.54, 1.807) is 24.3 Å². The maximum atomic E-state index is 9.73. The van der Waals surface area contributed by atoms with Gasteiger partial charge >= 0.3 is 0 Å². The first-order valence-corrected chi connectivity index (χ1v) is 14.5.